The molecule has 0 aliphatic carbocycles. The Balaban J connectivity index is 1.58. The van der Waals surface area contributed by atoms with Crippen molar-refractivity contribution in [3.63, 3.8) is 0 Å². The number of hydrogen-bond donors (Lipinski definition) is 0. The molecule has 5 aromatic rings. The van der Waals surface area contributed by atoms with Gasteiger partial charge in [-0.05, 0) is 29.3 Å². The average Bonchev–Trinajstić information content (AvgIpc) is 3.38. The van der Waals surface area contributed by atoms with Crippen LogP contribution in [0.2, 0.25) is 5.02 Å². The monoisotopic (exact) mass is 497 g/mol. The van der Waals surface area contributed by atoms with Crippen molar-refractivity contribution in [2.45, 2.75) is 12.5 Å². The Morgan fingerprint density at radius 3 is 2.36 bits per heavy atom. The number of pyridine rings is 1. The minimum Gasteiger partial charge on any atom is -0.438 e. The van der Waals surface area contributed by atoms with E-state index in [1.54, 1.807) is 18.5 Å². The lowest BCUT2D eigenvalue weighted by Crippen LogP contribution is -2.26. The first-order chi connectivity index (χ1) is 17.5. The van der Waals surface area contributed by atoms with Crippen LogP contribution in [-0.2, 0) is 6.42 Å². The number of aromatic nitrogens is 2. The SMILES string of the molecule is O=c1cc(-c2cc(Cl)ccc2[N+](=O)[O-])ccn1C(Cc1ccccc1)c1ncc(-c2ccccc2)o1. The largest absolute Gasteiger partial charge is 0.438 e. The number of halogens is 1. The maximum atomic E-state index is 13.4. The fourth-order valence-electron chi connectivity index (χ4n) is 4.13. The summed E-state index contributed by atoms with van der Waals surface area (Å²) >= 11 is 6.09. The number of rotatable bonds is 7. The van der Waals surface area contributed by atoms with E-state index in [0.717, 1.165) is 11.1 Å². The molecule has 8 heteroatoms. The van der Waals surface area contributed by atoms with Crippen molar-refractivity contribution in [3.8, 4) is 22.5 Å². The van der Waals surface area contributed by atoms with Gasteiger partial charge in [0.1, 0.15) is 6.04 Å². The van der Waals surface area contributed by atoms with Gasteiger partial charge in [0.05, 0.1) is 16.7 Å². The molecular weight excluding hydrogens is 478 g/mol. The highest BCUT2D eigenvalue weighted by Crippen LogP contribution is 2.32. The summed E-state index contributed by atoms with van der Waals surface area (Å²) in [5, 5.41) is 11.9. The Kier molecular flexibility index (Phi) is 6.47. The first kappa shape index (κ1) is 23.3. The molecule has 0 bridgehead atoms. The van der Waals surface area contributed by atoms with Gasteiger partial charge < -0.3 is 8.98 Å². The first-order valence-electron chi connectivity index (χ1n) is 11.2. The van der Waals surface area contributed by atoms with Gasteiger partial charge in [0, 0.05) is 35.3 Å². The standard InChI is InChI=1S/C28H20ClN3O4/c29-22-11-12-24(32(34)35)23(17-22)21-13-14-31(27(33)16-21)25(15-19-7-3-1-4-8-19)28-30-18-26(36-28)20-9-5-2-6-10-20/h1-14,16-18,25H,15H2. The summed E-state index contributed by atoms with van der Waals surface area (Å²) in [6.07, 6.45) is 3.73. The second-order valence-electron chi connectivity index (χ2n) is 8.21. The summed E-state index contributed by atoms with van der Waals surface area (Å²) in [5.41, 5.74) is 2.09. The van der Waals surface area contributed by atoms with Crippen LogP contribution >= 0.6 is 11.6 Å². The van der Waals surface area contributed by atoms with Gasteiger partial charge in [-0.25, -0.2) is 4.98 Å². The van der Waals surface area contributed by atoms with Gasteiger partial charge >= 0.3 is 0 Å². The molecule has 0 saturated heterocycles. The third-order valence-electron chi connectivity index (χ3n) is 5.89. The summed E-state index contributed by atoms with van der Waals surface area (Å²) in [7, 11) is 0. The van der Waals surface area contributed by atoms with Gasteiger partial charge in [0.2, 0.25) is 5.89 Å². The highest BCUT2D eigenvalue weighted by Gasteiger charge is 2.23. The molecule has 178 valence electrons. The van der Waals surface area contributed by atoms with Crippen molar-refractivity contribution in [1.29, 1.82) is 0 Å². The van der Waals surface area contributed by atoms with E-state index >= 15 is 0 Å². The molecule has 0 saturated carbocycles. The highest BCUT2D eigenvalue weighted by atomic mass is 35.5. The summed E-state index contributed by atoms with van der Waals surface area (Å²) in [5.74, 6) is 0.990. The van der Waals surface area contributed by atoms with E-state index in [0.29, 0.717) is 28.7 Å². The third-order valence-corrected chi connectivity index (χ3v) is 6.12. The van der Waals surface area contributed by atoms with Crippen LogP contribution in [0, 0.1) is 10.1 Å². The smallest absolute Gasteiger partial charge is 0.277 e. The van der Waals surface area contributed by atoms with Gasteiger partial charge in [-0.15, -0.1) is 0 Å². The quantitative estimate of drug-likeness (QED) is 0.187. The Morgan fingerprint density at radius 2 is 1.67 bits per heavy atom. The van der Waals surface area contributed by atoms with Crippen molar-refractivity contribution < 1.29 is 9.34 Å². The summed E-state index contributed by atoms with van der Waals surface area (Å²) < 4.78 is 7.65. The van der Waals surface area contributed by atoms with Crippen molar-refractivity contribution >= 4 is 17.3 Å². The maximum absolute atomic E-state index is 13.4. The van der Waals surface area contributed by atoms with Crippen LogP contribution in [0.15, 0.2) is 113 Å². The molecule has 0 aliphatic rings. The summed E-state index contributed by atoms with van der Waals surface area (Å²) in [4.78, 5) is 28.9. The van der Waals surface area contributed by atoms with Gasteiger partial charge in [-0.1, -0.05) is 72.3 Å². The van der Waals surface area contributed by atoms with Crippen molar-refractivity contribution in [2.75, 3.05) is 0 Å². The highest BCUT2D eigenvalue weighted by molar-refractivity contribution is 6.31. The van der Waals surface area contributed by atoms with Gasteiger partial charge in [0.15, 0.2) is 5.76 Å². The molecule has 1 unspecified atom stereocenters. The Labute approximate surface area is 211 Å². The summed E-state index contributed by atoms with van der Waals surface area (Å²) in [6.45, 7) is 0. The zero-order valence-electron chi connectivity index (χ0n) is 19.0. The Morgan fingerprint density at radius 1 is 0.944 bits per heavy atom. The molecule has 7 nitrogen and oxygen atoms in total. The number of benzene rings is 3. The zero-order chi connectivity index (χ0) is 25.1. The molecule has 3 aromatic carbocycles. The minimum atomic E-state index is -0.527. The molecule has 36 heavy (non-hydrogen) atoms. The molecule has 2 aromatic heterocycles. The third kappa shape index (κ3) is 4.82. The van der Waals surface area contributed by atoms with Crippen LogP contribution in [0.4, 0.5) is 5.69 Å². The average molecular weight is 498 g/mol. The molecule has 0 amide bonds. The topological polar surface area (TPSA) is 91.2 Å². The normalized spacial score (nSPS) is 11.8. The lowest BCUT2D eigenvalue weighted by molar-refractivity contribution is -0.384. The molecule has 2 heterocycles. The Bertz CT molecular complexity index is 1580. The number of nitro groups is 1. The molecule has 0 fully saturated rings. The van der Waals surface area contributed by atoms with Crippen LogP contribution in [0.25, 0.3) is 22.5 Å². The Hall–Kier alpha value is -4.49. The van der Waals surface area contributed by atoms with E-state index in [9.17, 15) is 14.9 Å². The lowest BCUT2D eigenvalue weighted by atomic mass is 10.0. The summed E-state index contributed by atoms with van der Waals surface area (Å²) in [6, 6.07) is 26.1. The molecule has 1 atom stereocenters. The molecule has 0 N–H and O–H groups in total. The van der Waals surface area contributed by atoms with E-state index in [2.05, 4.69) is 4.98 Å². The maximum Gasteiger partial charge on any atom is 0.277 e. The fraction of sp³-hybridized carbons (Fsp3) is 0.0714. The fourth-order valence-corrected chi connectivity index (χ4v) is 4.31. The molecular formula is C28H20ClN3O4. The van der Waals surface area contributed by atoms with Crippen LogP contribution in [0.1, 0.15) is 17.5 Å². The predicted molar refractivity (Wildman–Crippen MR) is 138 cm³/mol. The second-order valence-corrected chi connectivity index (χ2v) is 8.65. The van der Waals surface area contributed by atoms with E-state index in [4.69, 9.17) is 16.0 Å². The number of nitrogens with zero attached hydrogens (tertiary/aromatic N) is 3. The van der Waals surface area contributed by atoms with Gasteiger partial charge in [-0.2, -0.15) is 0 Å². The van der Waals surface area contributed by atoms with Gasteiger partial charge in [0.25, 0.3) is 11.2 Å². The predicted octanol–water partition coefficient (Wildman–Crippen LogP) is 6.56. The lowest BCUT2D eigenvalue weighted by Gasteiger charge is -2.18. The molecule has 0 aliphatic heterocycles. The molecule has 5 rings (SSSR count). The van der Waals surface area contributed by atoms with E-state index < -0.39 is 11.0 Å². The molecule has 0 radical (unpaired) electrons. The van der Waals surface area contributed by atoms with Crippen molar-refractivity contribution in [1.82, 2.24) is 9.55 Å². The van der Waals surface area contributed by atoms with Crippen LogP contribution in [0.5, 0.6) is 0 Å². The number of nitro benzene ring substituents is 1. The first-order valence-corrected chi connectivity index (χ1v) is 11.6. The molecule has 0 spiro atoms. The number of hydrogen-bond acceptors (Lipinski definition) is 5. The second kappa shape index (κ2) is 10.0. The number of oxazole rings is 1. The van der Waals surface area contributed by atoms with E-state index in [1.807, 2.05) is 60.7 Å². The van der Waals surface area contributed by atoms with E-state index in [1.165, 1.54) is 28.8 Å². The van der Waals surface area contributed by atoms with Crippen LogP contribution in [0.3, 0.4) is 0 Å². The van der Waals surface area contributed by atoms with Crippen molar-refractivity contribution in [2.24, 2.45) is 0 Å². The van der Waals surface area contributed by atoms with Gasteiger partial charge in [-0.3, -0.25) is 14.9 Å². The van der Waals surface area contributed by atoms with E-state index in [-0.39, 0.29) is 16.8 Å². The van der Waals surface area contributed by atoms with Crippen LogP contribution in [-0.4, -0.2) is 14.5 Å². The minimum absolute atomic E-state index is 0.127. The van der Waals surface area contributed by atoms with Crippen LogP contribution < -0.4 is 5.56 Å². The van der Waals surface area contributed by atoms with Crippen molar-refractivity contribution in [3.05, 3.63) is 140 Å². The zero-order valence-corrected chi connectivity index (χ0v) is 19.7.